The molecule has 0 fully saturated rings. The van der Waals surface area contributed by atoms with Crippen LogP contribution in [-0.2, 0) is 0 Å². The van der Waals surface area contributed by atoms with Gasteiger partial charge in [0.15, 0.2) is 0 Å². The monoisotopic (exact) mass is 163 g/mol. The first-order chi connectivity index (χ1) is 5.75. The molecule has 1 aromatic heterocycles. The number of hydrogen-bond donors (Lipinski definition) is 1. The van der Waals surface area contributed by atoms with Crippen molar-refractivity contribution in [2.24, 2.45) is 0 Å². The third kappa shape index (κ3) is 2.42. The zero-order chi connectivity index (χ0) is 9.56. The van der Waals surface area contributed by atoms with E-state index in [-0.39, 0.29) is 0 Å². The van der Waals surface area contributed by atoms with Crippen molar-refractivity contribution in [1.29, 1.82) is 0 Å². The Labute approximate surface area is 74.8 Å². The van der Waals surface area contributed by atoms with Crippen molar-refractivity contribution in [3.63, 3.8) is 0 Å². The lowest BCUT2D eigenvalue weighted by molar-refractivity contribution is 1.37. The summed E-state index contributed by atoms with van der Waals surface area (Å²) < 4.78 is 0. The number of H-pyrrole nitrogens is 1. The molecule has 0 saturated carbocycles. The number of aromatic nitrogens is 1. The molecule has 0 aliphatic carbocycles. The van der Waals surface area contributed by atoms with Crippen LogP contribution in [0.1, 0.15) is 32.0 Å². The van der Waals surface area contributed by atoms with Crippen molar-refractivity contribution in [3.8, 4) is 0 Å². The summed E-state index contributed by atoms with van der Waals surface area (Å²) in [4.78, 5) is 3.06. The molecule has 12 heavy (non-hydrogen) atoms. The number of nitrogens with one attached hydrogen (secondary N) is 1. The van der Waals surface area contributed by atoms with Gasteiger partial charge >= 0.3 is 0 Å². The van der Waals surface area contributed by atoms with Crippen molar-refractivity contribution in [3.05, 3.63) is 36.7 Å². The first-order valence-corrected chi connectivity index (χ1v) is 4.21. The maximum Gasteiger partial charge on any atom is 0.0450 e. The lowest BCUT2D eigenvalue weighted by Gasteiger charge is -1.95. The smallest absolute Gasteiger partial charge is 0.0450 e. The Bertz CT molecular complexity index is 256. The summed E-state index contributed by atoms with van der Waals surface area (Å²) in [7, 11) is 0. The van der Waals surface area contributed by atoms with Crippen LogP contribution in [0.3, 0.4) is 0 Å². The van der Waals surface area contributed by atoms with Crippen molar-refractivity contribution in [2.75, 3.05) is 0 Å². The van der Waals surface area contributed by atoms with E-state index in [1.54, 1.807) is 6.08 Å². The number of allylic oxidation sites excluding steroid dienone is 1. The Morgan fingerprint density at radius 2 is 2.08 bits per heavy atom. The maximum absolute atomic E-state index is 3.84. The van der Waals surface area contributed by atoms with Crippen molar-refractivity contribution < 1.29 is 0 Å². The molecule has 0 amide bonds. The molecule has 0 aromatic carbocycles. The lowest BCUT2D eigenvalue weighted by Crippen LogP contribution is -1.77. The Morgan fingerprint density at radius 3 is 2.42 bits per heavy atom. The normalized spacial score (nSPS) is 8.25. The fraction of sp³-hybridized carbons (Fsp3) is 0.273. The maximum atomic E-state index is 3.84. The van der Waals surface area contributed by atoms with Gasteiger partial charge in [0.1, 0.15) is 0 Å². The van der Waals surface area contributed by atoms with Gasteiger partial charge in [0.25, 0.3) is 0 Å². The second-order valence-corrected chi connectivity index (χ2v) is 2.29. The summed E-state index contributed by atoms with van der Waals surface area (Å²) >= 11 is 0. The molecular formula is C11H17N. The molecule has 1 N–H and O–H groups in total. The van der Waals surface area contributed by atoms with Gasteiger partial charge in [-0.3, -0.25) is 0 Å². The molecule has 0 radical (unpaired) electrons. The molecule has 0 saturated heterocycles. The Balaban J connectivity index is 0.000000561. The van der Waals surface area contributed by atoms with Crippen LogP contribution in [-0.4, -0.2) is 4.98 Å². The third-order valence-corrected chi connectivity index (χ3v) is 1.44. The van der Waals surface area contributed by atoms with Crippen LogP contribution >= 0.6 is 0 Å². The van der Waals surface area contributed by atoms with Crippen LogP contribution in [0, 0.1) is 0 Å². The summed E-state index contributed by atoms with van der Waals surface area (Å²) in [6.45, 7) is 13.5. The summed E-state index contributed by atoms with van der Waals surface area (Å²) in [6, 6.07) is 2.00. The highest BCUT2D eigenvalue weighted by atomic mass is 14.7. The quantitative estimate of drug-likeness (QED) is 0.684. The molecular weight excluding hydrogens is 146 g/mol. The fourth-order valence-electron chi connectivity index (χ4n) is 0.923. The minimum atomic E-state index is 1.05. The van der Waals surface area contributed by atoms with E-state index in [1.807, 2.05) is 33.0 Å². The van der Waals surface area contributed by atoms with Gasteiger partial charge in [-0.15, -0.1) is 0 Å². The molecule has 1 rings (SSSR count). The average Bonchev–Trinajstić information content (AvgIpc) is 2.55. The summed E-state index contributed by atoms with van der Waals surface area (Å²) in [5, 5.41) is 0. The third-order valence-electron chi connectivity index (χ3n) is 1.44. The van der Waals surface area contributed by atoms with Crippen molar-refractivity contribution in [1.82, 2.24) is 4.98 Å². The van der Waals surface area contributed by atoms with Crippen LogP contribution in [0.25, 0.3) is 11.6 Å². The van der Waals surface area contributed by atoms with E-state index in [4.69, 9.17) is 0 Å². The Kier molecular flexibility index (Phi) is 4.86. The summed E-state index contributed by atoms with van der Waals surface area (Å²) in [6.07, 6.45) is 3.69. The van der Waals surface area contributed by atoms with E-state index in [0.717, 1.165) is 16.8 Å². The van der Waals surface area contributed by atoms with Crippen LogP contribution in [0.2, 0.25) is 0 Å². The topological polar surface area (TPSA) is 15.8 Å². The van der Waals surface area contributed by atoms with Crippen LogP contribution in [0.15, 0.2) is 25.4 Å². The molecule has 0 aliphatic rings. The predicted molar refractivity (Wildman–Crippen MR) is 56.9 cm³/mol. The van der Waals surface area contributed by atoms with Crippen molar-refractivity contribution in [2.45, 2.75) is 20.8 Å². The number of aromatic amines is 1. The molecule has 0 spiro atoms. The van der Waals surface area contributed by atoms with E-state index in [2.05, 4.69) is 18.1 Å². The number of hydrogen-bond acceptors (Lipinski definition) is 0. The van der Waals surface area contributed by atoms with E-state index < -0.39 is 0 Å². The van der Waals surface area contributed by atoms with Gasteiger partial charge in [-0.05, 0) is 24.6 Å². The van der Waals surface area contributed by atoms with E-state index in [9.17, 15) is 0 Å². The second kappa shape index (κ2) is 5.42. The van der Waals surface area contributed by atoms with Crippen molar-refractivity contribution >= 4 is 11.6 Å². The van der Waals surface area contributed by atoms with E-state index in [1.165, 1.54) is 0 Å². The molecule has 1 heterocycles. The Hall–Kier alpha value is -1.24. The lowest BCUT2D eigenvalue weighted by atomic mass is 10.1. The van der Waals surface area contributed by atoms with Gasteiger partial charge in [0.05, 0.1) is 0 Å². The van der Waals surface area contributed by atoms with Crippen LogP contribution in [0.4, 0.5) is 0 Å². The van der Waals surface area contributed by atoms with Crippen LogP contribution < -0.4 is 0 Å². The molecule has 0 atom stereocenters. The predicted octanol–water partition coefficient (Wildman–Crippen LogP) is 3.72. The van der Waals surface area contributed by atoms with Gasteiger partial charge in [0, 0.05) is 17.5 Å². The first-order valence-electron chi connectivity index (χ1n) is 4.21. The zero-order valence-corrected chi connectivity index (χ0v) is 8.15. The van der Waals surface area contributed by atoms with Gasteiger partial charge < -0.3 is 4.98 Å². The molecule has 66 valence electrons. The SMILES string of the molecule is C=Cc1[nH]ccc1C(=C)C.CC. The number of rotatable bonds is 2. The zero-order valence-electron chi connectivity index (χ0n) is 8.15. The standard InChI is InChI=1S/C9H11N.C2H6/c1-4-9-8(7(2)3)5-6-10-9;1-2/h4-6,10H,1-2H2,3H3;1-2H3. The van der Waals surface area contributed by atoms with Crippen LogP contribution in [0.5, 0.6) is 0 Å². The largest absolute Gasteiger partial charge is 0.361 e. The molecule has 0 bridgehead atoms. The summed E-state index contributed by atoms with van der Waals surface area (Å²) in [5.41, 5.74) is 3.26. The second-order valence-electron chi connectivity index (χ2n) is 2.29. The first kappa shape index (κ1) is 10.8. The molecule has 1 heteroatoms. The van der Waals surface area contributed by atoms with E-state index in [0.29, 0.717) is 0 Å². The van der Waals surface area contributed by atoms with Gasteiger partial charge in [-0.25, -0.2) is 0 Å². The molecule has 0 aliphatic heterocycles. The van der Waals surface area contributed by atoms with Gasteiger partial charge in [-0.1, -0.05) is 27.0 Å². The minimum Gasteiger partial charge on any atom is -0.361 e. The van der Waals surface area contributed by atoms with E-state index >= 15 is 0 Å². The Morgan fingerprint density at radius 1 is 1.50 bits per heavy atom. The molecule has 1 aromatic rings. The van der Waals surface area contributed by atoms with Gasteiger partial charge in [-0.2, -0.15) is 0 Å². The highest BCUT2D eigenvalue weighted by molar-refractivity contribution is 5.69. The molecule has 1 nitrogen and oxygen atoms in total. The molecule has 0 unspecified atom stereocenters. The highest BCUT2D eigenvalue weighted by Crippen LogP contribution is 2.16. The fourth-order valence-corrected chi connectivity index (χ4v) is 0.923. The highest BCUT2D eigenvalue weighted by Gasteiger charge is 1.98. The minimum absolute atomic E-state index is 1.05. The average molecular weight is 163 g/mol. The van der Waals surface area contributed by atoms with Gasteiger partial charge in [0.2, 0.25) is 0 Å². The summed E-state index contributed by atoms with van der Waals surface area (Å²) in [5.74, 6) is 0.